The quantitative estimate of drug-likeness (QED) is 0.138. The monoisotopic (exact) mass is 640 g/mol. The molecular weight excluding hydrogens is 606 g/mol. The average Bonchev–Trinajstić information content (AvgIpc) is 2.90. The van der Waals surface area contributed by atoms with Gasteiger partial charge in [0.05, 0.1) is 0 Å². The summed E-state index contributed by atoms with van der Waals surface area (Å²) >= 11 is -0.586. The first-order valence-corrected chi connectivity index (χ1v) is 16.0. The van der Waals surface area contributed by atoms with Crippen molar-refractivity contribution in [1.29, 1.82) is 0 Å². The zero-order chi connectivity index (χ0) is 26.0. The van der Waals surface area contributed by atoms with Crippen molar-refractivity contribution in [3.63, 3.8) is 0 Å². The van der Waals surface area contributed by atoms with E-state index in [1.54, 1.807) is 0 Å². The number of ether oxygens (including phenoxy) is 2. The molecule has 4 rings (SSSR count). The minimum absolute atomic E-state index is 0.293. The van der Waals surface area contributed by atoms with Crippen LogP contribution >= 0.6 is 0 Å². The molecule has 8 N–H and O–H groups in total. The van der Waals surface area contributed by atoms with Crippen LogP contribution in [0.15, 0.2) is 36.4 Å². The Morgan fingerprint density at radius 1 is 0.556 bits per heavy atom. The van der Waals surface area contributed by atoms with Crippen LogP contribution in [0.4, 0.5) is 0 Å². The first-order chi connectivity index (χ1) is 17.3. The van der Waals surface area contributed by atoms with Crippen LogP contribution < -0.4 is 0 Å². The Kier molecular flexibility index (Phi) is 9.81. The van der Waals surface area contributed by atoms with Gasteiger partial charge in [-0.2, -0.15) is 0 Å². The fourth-order valence-corrected chi connectivity index (χ4v) is 9.36. The summed E-state index contributed by atoms with van der Waals surface area (Å²) in [5.41, 5.74) is 2.07. The fourth-order valence-electron chi connectivity index (χ4n) is 4.43. The maximum absolute atomic E-state index is 10.4. The van der Waals surface area contributed by atoms with E-state index in [9.17, 15) is 40.9 Å². The van der Waals surface area contributed by atoms with Crippen LogP contribution in [0.25, 0.3) is 10.8 Å². The summed E-state index contributed by atoms with van der Waals surface area (Å²) in [5.74, 6) is 0. The molecule has 0 radical (unpaired) electrons. The normalized spacial score (nSPS) is 37.3. The van der Waals surface area contributed by atoms with Gasteiger partial charge in [0.15, 0.2) is 0 Å². The molecule has 2 aromatic rings. The third kappa shape index (κ3) is 5.83. The molecule has 0 aliphatic carbocycles. The Hall–Kier alpha value is -0.661. The molecule has 200 valence electrons. The van der Waals surface area contributed by atoms with Crippen LogP contribution in [0.3, 0.4) is 0 Å². The number of rotatable bonds is 8. The van der Waals surface area contributed by atoms with Gasteiger partial charge in [0.25, 0.3) is 0 Å². The van der Waals surface area contributed by atoms with Gasteiger partial charge in [-0.1, -0.05) is 0 Å². The molecule has 2 aliphatic heterocycles. The van der Waals surface area contributed by atoms with Crippen LogP contribution in [-0.4, -0.2) is 143 Å². The molecule has 10 atom stereocenters. The number of aliphatic hydroxyl groups is 8. The number of aliphatic hydroxyl groups excluding tert-OH is 8. The summed E-state index contributed by atoms with van der Waals surface area (Å²) in [6, 6.07) is 11.8. The predicted octanol–water partition coefficient (Wildman–Crippen LogP) is -3.15. The van der Waals surface area contributed by atoms with Crippen molar-refractivity contribution >= 4 is 40.7 Å². The van der Waals surface area contributed by atoms with Crippen molar-refractivity contribution in [1.82, 2.24) is 0 Å². The second kappa shape index (κ2) is 12.5. The third-order valence-electron chi connectivity index (χ3n) is 6.61. The van der Waals surface area contributed by atoms with Gasteiger partial charge in [-0.3, -0.25) is 0 Å². The molecule has 0 bridgehead atoms. The van der Waals surface area contributed by atoms with Gasteiger partial charge in [-0.25, -0.2) is 0 Å². The molecule has 2 aliphatic rings. The van der Waals surface area contributed by atoms with Gasteiger partial charge in [0.1, 0.15) is 0 Å². The van der Waals surface area contributed by atoms with E-state index in [2.05, 4.69) is 0 Å². The van der Waals surface area contributed by atoms with Crippen LogP contribution in [0, 0.1) is 0 Å². The summed E-state index contributed by atoms with van der Waals surface area (Å²) in [6.07, 6.45) is -9.83. The molecule has 2 heterocycles. The van der Waals surface area contributed by atoms with Crippen LogP contribution in [-0.2, 0) is 20.1 Å². The Morgan fingerprint density at radius 2 is 0.944 bits per heavy atom. The second-order valence-corrected chi connectivity index (χ2v) is 13.5. The van der Waals surface area contributed by atoms with E-state index in [1.807, 2.05) is 36.4 Å². The van der Waals surface area contributed by atoms with E-state index in [4.69, 9.17) is 9.47 Å². The van der Waals surface area contributed by atoms with Crippen molar-refractivity contribution in [3.8, 4) is 0 Å². The SMILES string of the molecule is OC[C@H]1O[C@@H]([Se]Cc2ccc(C[Se][C@@H]3O[C@H](CO)[C@H](O)[C@H](O)[C@H]3O)c3ccccc23)[C@H](O)[C@@H](O)[C@H]1O. The van der Waals surface area contributed by atoms with Crippen LogP contribution in [0.2, 0.25) is 0 Å². The van der Waals surface area contributed by atoms with E-state index in [0.29, 0.717) is 10.6 Å². The van der Waals surface area contributed by atoms with Crippen molar-refractivity contribution in [2.45, 2.75) is 69.5 Å². The molecule has 2 aromatic carbocycles. The zero-order valence-corrected chi connectivity index (χ0v) is 22.7. The number of hydrogen-bond acceptors (Lipinski definition) is 10. The number of benzene rings is 2. The molecule has 0 unspecified atom stereocenters. The molecule has 10 nitrogen and oxygen atoms in total. The molecular formula is C24H32O10Se2. The first-order valence-electron chi connectivity index (χ1n) is 11.6. The number of fused-ring (bicyclic) bond motifs is 1. The summed E-state index contributed by atoms with van der Waals surface area (Å²) in [7, 11) is 0. The zero-order valence-electron chi connectivity index (χ0n) is 19.3. The Bertz CT molecular complexity index is 930. The third-order valence-corrected chi connectivity index (χ3v) is 11.6. The van der Waals surface area contributed by atoms with Gasteiger partial charge < -0.3 is 0 Å². The Morgan fingerprint density at radius 3 is 1.31 bits per heavy atom. The van der Waals surface area contributed by atoms with E-state index >= 15 is 0 Å². The van der Waals surface area contributed by atoms with Crippen LogP contribution in [0.1, 0.15) is 11.1 Å². The summed E-state index contributed by atoms with van der Waals surface area (Å²) in [6.45, 7) is -0.906. The first kappa shape index (κ1) is 28.3. The molecule has 36 heavy (non-hydrogen) atoms. The van der Waals surface area contributed by atoms with E-state index in [1.165, 1.54) is 0 Å². The van der Waals surface area contributed by atoms with E-state index in [-0.39, 0.29) is 29.9 Å². The molecule has 0 amide bonds. The summed E-state index contributed by atoms with van der Waals surface area (Å²) in [4.78, 5) is 0. The molecule has 0 spiro atoms. The predicted molar refractivity (Wildman–Crippen MR) is 130 cm³/mol. The van der Waals surface area contributed by atoms with Gasteiger partial charge in [-0.15, -0.1) is 0 Å². The Balaban J connectivity index is 1.46. The number of hydrogen-bond donors (Lipinski definition) is 8. The fraction of sp³-hybridized carbons (Fsp3) is 0.583. The van der Waals surface area contributed by atoms with E-state index < -0.39 is 72.1 Å². The van der Waals surface area contributed by atoms with Crippen molar-refractivity contribution in [2.24, 2.45) is 0 Å². The Labute approximate surface area is 220 Å². The van der Waals surface area contributed by atoms with Crippen LogP contribution in [0.5, 0.6) is 0 Å². The van der Waals surface area contributed by atoms with Crippen molar-refractivity contribution < 1.29 is 50.3 Å². The minimum atomic E-state index is -1.38. The molecule has 12 heteroatoms. The maximum atomic E-state index is 10.4. The second-order valence-electron chi connectivity index (χ2n) is 8.95. The standard InChI is InChI=1S/C24H32O10Se2/c25-7-15-17(27)19(29)21(31)23(33-15)35-9-11-5-6-12(14-4-2-1-3-13(11)14)10-36-24-22(32)20(30)18(28)16(8-26)34-24/h1-6,15-32H,7-10H2/t15-,16-,17+,18+,19+,20+,21-,22-,23+,24+/m1/s1. The average molecular weight is 638 g/mol. The summed E-state index contributed by atoms with van der Waals surface area (Å²) < 4.78 is 11.3. The van der Waals surface area contributed by atoms with Gasteiger partial charge >= 0.3 is 221 Å². The molecule has 0 aromatic heterocycles. The summed E-state index contributed by atoms with van der Waals surface area (Å²) in [5, 5.41) is 81.6. The van der Waals surface area contributed by atoms with Gasteiger partial charge in [0.2, 0.25) is 0 Å². The van der Waals surface area contributed by atoms with Crippen molar-refractivity contribution in [2.75, 3.05) is 13.2 Å². The van der Waals surface area contributed by atoms with E-state index in [0.717, 1.165) is 21.9 Å². The van der Waals surface area contributed by atoms with Crippen molar-refractivity contribution in [3.05, 3.63) is 47.5 Å². The topological polar surface area (TPSA) is 180 Å². The van der Waals surface area contributed by atoms with Gasteiger partial charge in [0, 0.05) is 0 Å². The molecule has 0 saturated carbocycles. The molecule has 2 saturated heterocycles. The van der Waals surface area contributed by atoms with Gasteiger partial charge in [-0.05, 0) is 0 Å². The molecule has 2 fully saturated rings.